The zero-order valence-electron chi connectivity index (χ0n) is 11.9. The van der Waals surface area contributed by atoms with Crippen LogP contribution in [0.2, 0.25) is 0 Å². The molecule has 1 N–H and O–H groups in total. The average Bonchev–Trinajstić information content (AvgIpc) is 2.41. The van der Waals surface area contributed by atoms with E-state index in [1.807, 2.05) is 26.0 Å². The van der Waals surface area contributed by atoms with Crippen LogP contribution in [0, 0.1) is 0 Å². The summed E-state index contributed by atoms with van der Waals surface area (Å²) >= 11 is 0. The molecule has 3 nitrogen and oxygen atoms in total. The van der Waals surface area contributed by atoms with Gasteiger partial charge in [-0.2, -0.15) is 0 Å². The van der Waals surface area contributed by atoms with E-state index in [0.29, 0.717) is 13.0 Å². The summed E-state index contributed by atoms with van der Waals surface area (Å²) < 4.78 is 1.70. The second-order valence-electron chi connectivity index (χ2n) is 5.06. The van der Waals surface area contributed by atoms with Gasteiger partial charge in [-0.15, -0.1) is 6.58 Å². The molecule has 2 aromatic rings. The number of aromatic nitrogens is 1. The summed E-state index contributed by atoms with van der Waals surface area (Å²) in [7, 11) is 0. The fourth-order valence-electron chi connectivity index (χ4n) is 2.26. The van der Waals surface area contributed by atoms with E-state index >= 15 is 0 Å². The number of phenols is 1. The Bertz CT molecular complexity index is 734. The van der Waals surface area contributed by atoms with E-state index in [1.54, 1.807) is 28.8 Å². The number of hydrogen-bond donors (Lipinski definition) is 1. The molecule has 0 amide bonds. The maximum Gasteiger partial charge on any atom is 0.251 e. The number of fused-ring (bicyclic) bond motifs is 1. The van der Waals surface area contributed by atoms with E-state index in [9.17, 15) is 9.90 Å². The van der Waals surface area contributed by atoms with Crippen molar-refractivity contribution < 1.29 is 5.11 Å². The Labute approximate surface area is 118 Å². The Hall–Kier alpha value is -2.29. The molecule has 0 aliphatic rings. The third-order valence-electron chi connectivity index (χ3n) is 3.26. The fraction of sp³-hybridized carbons (Fsp3) is 0.235. The SMILES string of the molecule is C=CCc1c(O)ccc2ccc(=O)n(CC=C(C)C)c12. The first-order valence-corrected chi connectivity index (χ1v) is 6.63. The number of hydrogen-bond acceptors (Lipinski definition) is 2. The highest BCUT2D eigenvalue weighted by Crippen LogP contribution is 2.27. The highest BCUT2D eigenvalue weighted by molar-refractivity contribution is 5.84. The normalized spacial score (nSPS) is 10.5. The summed E-state index contributed by atoms with van der Waals surface area (Å²) in [6.45, 7) is 8.22. The van der Waals surface area contributed by atoms with Crippen LogP contribution in [0.4, 0.5) is 0 Å². The lowest BCUT2D eigenvalue weighted by atomic mass is 10.0. The third kappa shape index (κ3) is 2.67. The Balaban J connectivity index is 2.79. The van der Waals surface area contributed by atoms with Crippen LogP contribution in [-0.4, -0.2) is 9.67 Å². The zero-order valence-corrected chi connectivity index (χ0v) is 11.9. The molecule has 0 saturated carbocycles. The van der Waals surface area contributed by atoms with Crippen LogP contribution in [-0.2, 0) is 13.0 Å². The van der Waals surface area contributed by atoms with Gasteiger partial charge in [-0.3, -0.25) is 4.79 Å². The first-order chi connectivity index (χ1) is 9.54. The Morgan fingerprint density at radius 1 is 1.30 bits per heavy atom. The molecule has 0 aliphatic heterocycles. The van der Waals surface area contributed by atoms with Gasteiger partial charge in [0, 0.05) is 18.2 Å². The highest BCUT2D eigenvalue weighted by atomic mass is 16.3. The molecule has 0 bridgehead atoms. The summed E-state index contributed by atoms with van der Waals surface area (Å²) in [4.78, 5) is 12.1. The molecule has 0 saturated heterocycles. The standard InChI is InChI=1S/C17H19NO2/c1-4-5-14-15(19)8-6-13-7-9-16(20)18(17(13)14)11-10-12(2)3/h4,6-10,19H,1,5,11H2,2-3H3. The number of allylic oxidation sites excluding steroid dienone is 3. The van der Waals surface area contributed by atoms with E-state index < -0.39 is 0 Å². The molecule has 1 aromatic carbocycles. The lowest BCUT2D eigenvalue weighted by Gasteiger charge is -2.13. The third-order valence-corrected chi connectivity index (χ3v) is 3.26. The molecule has 0 aliphatic carbocycles. The van der Waals surface area contributed by atoms with Crippen LogP contribution < -0.4 is 5.56 Å². The van der Waals surface area contributed by atoms with Crippen molar-refractivity contribution in [3.63, 3.8) is 0 Å². The Morgan fingerprint density at radius 3 is 2.65 bits per heavy atom. The van der Waals surface area contributed by atoms with Gasteiger partial charge in [0.1, 0.15) is 5.75 Å². The second kappa shape index (κ2) is 5.78. The summed E-state index contributed by atoms with van der Waals surface area (Å²) in [6.07, 6.45) is 4.27. The number of nitrogens with zero attached hydrogens (tertiary/aromatic N) is 1. The van der Waals surface area contributed by atoms with Gasteiger partial charge >= 0.3 is 0 Å². The lowest BCUT2D eigenvalue weighted by Crippen LogP contribution is -2.19. The number of rotatable bonds is 4. The molecule has 20 heavy (non-hydrogen) atoms. The van der Waals surface area contributed by atoms with Crippen molar-refractivity contribution in [2.45, 2.75) is 26.8 Å². The van der Waals surface area contributed by atoms with Gasteiger partial charge in [-0.25, -0.2) is 0 Å². The molecular formula is C17H19NO2. The van der Waals surface area contributed by atoms with Gasteiger partial charge in [0.2, 0.25) is 0 Å². The van der Waals surface area contributed by atoms with Crippen LogP contribution in [0.1, 0.15) is 19.4 Å². The Morgan fingerprint density at radius 2 is 2.00 bits per heavy atom. The van der Waals surface area contributed by atoms with E-state index in [4.69, 9.17) is 0 Å². The molecule has 0 radical (unpaired) electrons. The lowest BCUT2D eigenvalue weighted by molar-refractivity contribution is 0.470. The maximum atomic E-state index is 12.1. The number of pyridine rings is 1. The number of aromatic hydroxyl groups is 1. The van der Waals surface area contributed by atoms with E-state index in [1.165, 1.54) is 0 Å². The quantitative estimate of drug-likeness (QED) is 0.864. The van der Waals surface area contributed by atoms with Crippen LogP contribution in [0.3, 0.4) is 0 Å². The summed E-state index contributed by atoms with van der Waals surface area (Å²) in [5.74, 6) is 0.203. The van der Waals surface area contributed by atoms with Gasteiger partial charge in [0.15, 0.2) is 0 Å². The largest absolute Gasteiger partial charge is 0.508 e. The van der Waals surface area contributed by atoms with Crippen molar-refractivity contribution >= 4 is 10.9 Å². The van der Waals surface area contributed by atoms with E-state index in [0.717, 1.165) is 22.0 Å². The molecule has 0 spiro atoms. The molecule has 0 atom stereocenters. The van der Waals surface area contributed by atoms with E-state index in [2.05, 4.69) is 6.58 Å². The monoisotopic (exact) mass is 269 g/mol. The minimum atomic E-state index is -0.0640. The molecule has 2 rings (SSSR count). The molecule has 1 aromatic heterocycles. The summed E-state index contributed by atoms with van der Waals surface area (Å²) in [6, 6.07) is 6.85. The smallest absolute Gasteiger partial charge is 0.251 e. The molecule has 1 heterocycles. The molecule has 3 heteroatoms. The van der Waals surface area contributed by atoms with E-state index in [-0.39, 0.29) is 11.3 Å². The number of benzene rings is 1. The minimum Gasteiger partial charge on any atom is -0.508 e. The number of phenolic OH excluding ortho intramolecular Hbond substituents is 1. The predicted molar refractivity (Wildman–Crippen MR) is 83.2 cm³/mol. The van der Waals surface area contributed by atoms with Gasteiger partial charge in [0.25, 0.3) is 5.56 Å². The highest BCUT2D eigenvalue weighted by Gasteiger charge is 2.10. The minimum absolute atomic E-state index is 0.0640. The maximum absolute atomic E-state index is 12.1. The van der Waals surface area contributed by atoms with Crippen LogP contribution in [0.5, 0.6) is 5.75 Å². The average molecular weight is 269 g/mol. The van der Waals surface area contributed by atoms with Crippen molar-refractivity contribution in [3.8, 4) is 5.75 Å². The summed E-state index contributed by atoms with van der Waals surface area (Å²) in [5.41, 5.74) is 2.62. The first-order valence-electron chi connectivity index (χ1n) is 6.63. The van der Waals surface area contributed by atoms with Crippen molar-refractivity contribution in [3.05, 3.63) is 64.5 Å². The molecule has 0 fully saturated rings. The van der Waals surface area contributed by atoms with Gasteiger partial charge < -0.3 is 9.67 Å². The topological polar surface area (TPSA) is 42.2 Å². The molecular weight excluding hydrogens is 250 g/mol. The van der Waals surface area contributed by atoms with Crippen LogP contribution >= 0.6 is 0 Å². The van der Waals surface area contributed by atoms with Gasteiger partial charge in [-0.05, 0) is 43.9 Å². The van der Waals surface area contributed by atoms with Crippen molar-refractivity contribution in [1.82, 2.24) is 4.57 Å². The first kappa shape index (κ1) is 14.1. The predicted octanol–water partition coefficient (Wildman–Crippen LogP) is 3.40. The van der Waals surface area contributed by atoms with Crippen molar-refractivity contribution in [2.24, 2.45) is 0 Å². The van der Waals surface area contributed by atoms with Crippen molar-refractivity contribution in [1.29, 1.82) is 0 Å². The molecule has 0 unspecified atom stereocenters. The zero-order chi connectivity index (χ0) is 14.7. The second-order valence-corrected chi connectivity index (χ2v) is 5.06. The fourth-order valence-corrected chi connectivity index (χ4v) is 2.26. The summed E-state index contributed by atoms with van der Waals surface area (Å²) in [5, 5.41) is 11.0. The Kier molecular flexibility index (Phi) is 4.08. The van der Waals surface area contributed by atoms with Gasteiger partial charge in [0.05, 0.1) is 5.52 Å². The molecule has 104 valence electrons. The van der Waals surface area contributed by atoms with Gasteiger partial charge in [-0.1, -0.05) is 17.7 Å². The van der Waals surface area contributed by atoms with Crippen LogP contribution in [0.15, 0.2) is 53.4 Å². The van der Waals surface area contributed by atoms with Crippen LogP contribution in [0.25, 0.3) is 10.9 Å². The van der Waals surface area contributed by atoms with Crippen molar-refractivity contribution in [2.75, 3.05) is 0 Å².